The molecular weight excluding hydrogens is 340 g/mol. The van der Waals surface area contributed by atoms with Gasteiger partial charge in [0.1, 0.15) is 11.6 Å². The molecule has 0 aliphatic carbocycles. The summed E-state index contributed by atoms with van der Waals surface area (Å²) in [5, 5.41) is 0. The number of hydrogen-bond donors (Lipinski definition) is 0. The summed E-state index contributed by atoms with van der Waals surface area (Å²) >= 11 is 0. The van der Waals surface area contributed by atoms with Crippen LogP contribution in [0.3, 0.4) is 0 Å². The standard InChI is InChI=1S/C21H24N4O2/c1-24-19-13-22-11-9-18(19)23-21(24)16-10-12-25(14-16)20(26)8-5-15-3-6-17(27-2)7-4-15/h3-4,6-7,9,11,13,16H,5,8,10,12,14H2,1-2H3/t16-/m0/s1. The van der Waals surface area contributed by atoms with Gasteiger partial charge < -0.3 is 14.2 Å². The molecule has 4 rings (SSSR count). The zero-order valence-corrected chi connectivity index (χ0v) is 15.8. The van der Waals surface area contributed by atoms with E-state index < -0.39 is 0 Å². The van der Waals surface area contributed by atoms with Crippen molar-refractivity contribution in [1.82, 2.24) is 19.4 Å². The number of aryl methyl sites for hydroxylation is 2. The number of carbonyl (C=O) groups excluding carboxylic acids is 1. The quantitative estimate of drug-likeness (QED) is 0.698. The SMILES string of the molecule is COc1ccc(CCC(=O)N2CC[C@H](c3nc4ccncc4n3C)C2)cc1. The van der Waals surface area contributed by atoms with Crippen LogP contribution in [0.15, 0.2) is 42.7 Å². The molecule has 0 radical (unpaired) electrons. The molecule has 1 atom stereocenters. The summed E-state index contributed by atoms with van der Waals surface area (Å²) in [6.45, 7) is 1.54. The number of nitrogens with zero attached hydrogens (tertiary/aromatic N) is 4. The van der Waals surface area contributed by atoms with Gasteiger partial charge in [0.15, 0.2) is 0 Å². The molecule has 6 heteroatoms. The maximum absolute atomic E-state index is 12.6. The Balaban J connectivity index is 1.38. The largest absolute Gasteiger partial charge is 0.497 e. The van der Waals surface area contributed by atoms with Gasteiger partial charge in [-0.3, -0.25) is 9.78 Å². The predicted molar refractivity (Wildman–Crippen MR) is 104 cm³/mol. The van der Waals surface area contributed by atoms with Crippen molar-refractivity contribution in [2.75, 3.05) is 20.2 Å². The highest BCUT2D eigenvalue weighted by Crippen LogP contribution is 2.29. The molecule has 3 aromatic rings. The fourth-order valence-corrected chi connectivity index (χ4v) is 3.82. The van der Waals surface area contributed by atoms with Crippen molar-refractivity contribution in [1.29, 1.82) is 0 Å². The van der Waals surface area contributed by atoms with Gasteiger partial charge in [-0.25, -0.2) is 4.98 Å². The zero-order chi connectivity index (χ0) is 18.8. The predicted octanol–water partition coefficient (Wildman–Crippen LogP) is 2.93. The van der Waals surface area contributed by atoms with Crippen LogP contribution in [0.25, 0.3) is 11.0 Å². The van der Waals surface area contributed by atoms with Gasteiger partial charge in [-0.05, 0) is 36.6 Å². The van der Waals surface area contributed by atoms with E-state index in [0.29, 0.717) is 6.42 Å². The first-order valence-electron chi connectivity index (χ1n) is 9.32. The van der Waals surface area contributed by atoms with E-state index in [2.05, 4.69) is 9.55 Å². The number of pyridine rings is 1. The molecular formula is C21H24N4O2. The fraction of sp³-hybridized carbons (Fsp3) is 0.381. The van der Waals surface area contributed by atoms with Crippen LogP contribution in [0.4, 0.5) is 0 Å². The Morgan fingerprint density at radius 2 is 2.07 bits per heavy atom. The number of carbonyl (C=O) groups is 1. The molecule has 140 valence electrons. The summed E-state index contributed by atoms with van der Waals surface area (Å²) in [4.78, 5) is 23.6. The molecule has 1 aromatic carbocycles. The summed E-state index contributed by atoms with van der Waals surface area (Å²) in [6.07, 6.45) is 5.85. The molecule has 1 saturated heterocycles. The van der Waals surface area contributed by atoms with E-state index in [1.807, 2.05) is 48.5 Å². The number of fused-ring (bicyclic) bond motifs is 1. The van der Waals surface area contributed by atoms with Crippen LogP contribution in [-0.2, 0) is 18.3 Å². The van der Waals surface area contributed by atoms with Gasteiger partial charge >= 0.3 is 0 Å². The second-order valence-electron chi connectivity index (χ2n) is 7.07. The highest BCUT2D eigenvalue weighted by molar-refractivity contribution is 5.77. The van der Waals surface area contributed by atoms with Crippen molar-refractivity contribution in [3.63, 3.8) is 0 Å². The molecule has 1 aliphatic rings. The lowest BCUT2D eigenvalue weighted by Gasteiger charge is -2.16. The van der Waals surface area contributed by atoms with Crippen LogP contribution in [-0.4, -0.2) is 45.5 Å². The molecule has 1 fully saturated rings. The lowest BCUT2D eigenvalue weighted by Crippen LogP contribution is -2.28. The van der Waals surface area contributed by atoms with Gasteiger partial charge in [0.05, 0.1) is 24.3 Å². The summed E-state index contributed by atoms with van der Waals surface area (Å²) in [5.41, 5.74) is 3.16. The van der Waals surface area contributed by atoms with E-state index in [9.17, 15) is 4.79 Å². The first-order chi connectivity index (χ1) is 13.2. The Hall–Kier alpha value is -2.89. The molecule has 0 saturated carbocycles. The lowest BCUT2D eigenvalue weighted by molar-refractivity contribution is -0.130. The minimum absolute atomic E-state index is 0.216. The van der Waals surface area contributed by atoms with Crippen LogP contribution in [0.5, 0.6) is 5.75 Å². The summed E-state index contributed by atoms with van der Waals surface area (Å²) in [6, 6.07) is 9.85. The molecule has 0 bridgehead atoms. The summed E-state index contributed by atoms with van der Waals surface area (Å²) in [5.74, 6) is 2.38. The normalized spacial score (nSPS) is 16.8. The Morgan fingerprint density at radius 3 is 2.81 bits per heavy atom. The van der Waals surface area contributed by atoms with Crippen molar-refractivity contribution in [3.8, 4) is 5.75 Å². The number of likely N-dealkylation sites (tertiary alicyclic amines) is 1. The van der Waals surface area contributed by atoms with Crippen LogP contribution in [0.1, 0.15) is 30.1 Å². The molecule has 0 unspecified atom stereocenters. The van der Waals surface area contributed by atoms with Crippen molar-refractivity contribution in [2.45, 2.75) is 25.2 Å². The maximum Gasteiger partial charge on any atom is 0.222 e. The zero-order valence-electron chi connectivity index (χ0n) is 15.8. The Bertz CT molecular complexity index is 948. The van der Waals surface area contributed by atoms with E-state index in [-0.39, 0.29) is 11.8 Å². The number of methoxy groups -OCH3 is 1. The number of aromatic nitrogens is 3. The molecule has 27 heavy (non-hydrogen) atoms. The van der Waals surface area contributed by atoms with Crippen molar-refractivity contribution < 1.29 is 9.53 Å². The smallest absolute Gasteiger partial charge is 0.222 e. The second kappa shape index (κ2) is 7.39. The van der Waals surface area contributed by atoms with Gasteiger partial charge in [0, 0.05) is 38.7 Å². The topological polar surface area (TPSA) is 60.2 Å². The summed E-state index contributed by atoms with van der Waals surface area (Å²) < 4.78 is 7.28. The minimum atomic E-state index is 0.216. The van der Waals surface area contributed by atoms with Gasteiger partial charge in [0.25, 0.3) is 0 Å². The number of rotatable bonds is 5. The third-order valence-electron chi connectivity index (χ3n) is 5.41. The monoisotopic (exact) mass is 364 g/mol. The Labute approximate surface area is 158 Å². The third-order valence-corrected chi connectivity index (χ3v) is 5.41. The van der Waals surface area contributed by atoms with Crippen LogP contribution >= 0.6 is 0 Å². The Kier molecular flexibility index (Phi) is 4.79. The van der Waals surface area contributed by atoms with Gasteiger partial charge in [-0.1, -0.05) is 12.1 Å². The number of amides is 1. The van der Waals surface area contributed by atoms with Crippen LogP contribution in [0, 0.1) is 0 Å². The average molecular weight is 364 g/mol. The van der Waals surface area contributed by atoms with Crippen LogP contribution in [0.2, 0.25) is 0 Å². The first-order valence-corrected chi connectivity index (χ1v) is 9.32. The molecule has 1 amide bonds. The van der Waals surface area contributed by atoms with E-state index in [1.54, 1.807) is 13.3 Å². The number of ether oxygens (including phenoxy) is 1. The minimum Gasteiger partial charge on any atom is -0.497 e. The van der Waals surface area contributed by atoms with Crippen molar-refractivity contribution >= 4 is 16.9 Å². The first kappa shape index (κ1) is 17.5. The molecule has 2 aromatic heterocycles. The van der Waals surface area contributed by atoms with E-state index in [0.717, 1.165) is 54.1 Å². The molecule has 0 spiro atoms. The fourth-order valence-electron chi connectivity index (χ4n) is 3.82. The lowest BCUT2D eigenvalue weighted by atomic mass is 10.1. The van der Waals surface area contributed by atoms with Gasteiger partial charge in [-0.15, -0.1) is 0 Å². The Morgan fingerprint density at radius 1 is 1.26 bits per heavy atom. The van der Waals surface area contributed by atoms with Crippen molar-refractivity contribution in [3.05, 3.63) is 54.1 Å². The number of benzene rings is 1. The highest BCUT2D eigenvalue weighted by Gasteiger charge is 2.30. The van der Waals surface area contributed by atoms with E-state index in [1.165, 1.54) is 0 Å². The maximum atomic E-state index is 12.6. The second-order valence-corrected chi connectivity index (χ2v) is 7.07. The highest BCUT2D eigenvalue weighted by atomic mass is 16.5. The molecule has 6 nitrogen and oxygen atoms in total. The molecule has 1 aliphatic heterocycles. The third kappa shape index (κ3) is 3.52. The molecule has 0 N–H and O–H groups in total. The molecule has 3 heterocycles. The van der Waals surface area contributed by atoms with Gasteiger partial charge in [-0.2, -0.15) is 0 Å². The average Bonchev–Trinajstić information content (AvgIpc) is 3.32. The van der Waals surface area contributed by atoms with Crippen molar-refractivity contribution in [2.24, 2.45) is 7.05 Å². The van der Waals surface area contributed by atoms with E-state index >= 15 is 0 Å². The summed E-state index contributed by atoms with van der Waals surface area (Å²) in [7, 11) is 3.68. The van der Waals surface area contributed by atoms with E-state index in [4.69, 9.17) is 9.72 Å². The number of imidazole rings is 1. The number of hydrogen-bond acceptors (Lipinski definition) is 4. The van der Waals surface area contributed by atoms with Gasteiger partial charge in [0.2, 0.25) is 5.91 Å². The van der Waals surface area contributed by atoms with Crippen LogP contribution < -0.4 is 4.74 Å².